The molecule has 0 aliphatic heterocycles. The van der Waals surface area contributed by atoms with Crippen LogP contribution in [0.15, 0.2) is 54.9 Å². The van der Waals surface area contributed by atoms with Crippen molar-refractivity contribution in [1.29, 1.82) is 0 Å². The summed E-state index contributed by atoms with van der Waals surface area (Å²) in [5.41, 5.74) is 2.08. The second-order valence-electron chi connectivity index (χ2n) is 5.03. The maximum atomic E-state index is 12.5. The van der Waals surface area contributed by atoms with Gasteiger partial charge in [0.05, 0.1) is 28.0 Å². The highest BCUT2D eigenvalue weighted by Crippen LogP contribution is 2.21. The van der Waals surface area contributed by atoms with Crippen molar-refractivity contribution in [3.8, 4) is 5.69 Å². The Hall–Kier alpha value is -3.13. The Morgan fingerprint density at radius 2 is 1.96 bits per heavy atom. The van der Waals surface area contributed by atoms with Crippen molar-refractivity contribution < 1.29 is 4.79 Å². The molecule has 4 rings (SSSR count). The zero-order valence-electron chi connectivity index (χ0n) is 12.5. The van der Waals surface area contributed by atoms with E-state index in [0.717, 1.165) is 15.2 Å². The molecule has 8 heteroatoms. The van der Waals surface area contributed by atoms with Crippen LogP contribution in [-0.4, -0.2) is 31.1 Å². The first kappa shape index (κ1) is 14.5. The van der Waals surface area contributed by atoms with E-state index in [9.17, 15) is 4.79 Å². The van der Waals surface area contributed by atoms with Crippen LogP contribution in [0.2, 0.25) is 0 Å². The van der Waals surface area contributed by atoms with Crippen LogP contribution < -0.4 is 5.32 Å². The highest BCUT2D eigenvalue weighted by atomic mass is 32.1. The molecule has 0 unspecified atom stereocenters. The maximum absolute atomic E-state index is 12.5. The normalized spacial score (nSPS) is 10.8. The molecule has 0 saturated carbocycles. The van der Waals surface area contributed by atoms with Gasteiger partial charge in [0.2, 0.25) is 0 Å². The number of thiazole rings is 1. The molecular formula is C16H12N6OS. The lowest BCUT2D eigenvalue weighted by Crippen LogP contribution is -2.24. The molecule has 1 amide bonds. The Morgan fingerprint density at radius 1 is 1.12 bits per heavy atom. The Kier molecular flexibility index (Phi) is 3.72. The van der Waals surface area contributed by atoms with E-state index < -0.39 is 0 Å². The summed E-state index contributed by atoms with van der Waals surface area (Å²) in [6.07, 6.45) is 1.46. The number of tetrazole rings is 1. The van der Waals surface area contributed by atoms with E-state index >= 15 is 0 Å². The van der Waals surface area contributed by atoms with Crippen LogP contribution in [-0.2, 0) is 6.54 Å². The maximum Gasteiger partial charge on any atom is 0.253 e. The summed E-state index contributed by atoms with van der Waals surface area (Å²) in [6.45, 7) is 0.377. The number of carbonyl (C=O) groups is 1. The number of amides is 1. The highest BCUT2D eigenvalue weighted by Gasteiger charge is 2.13. The van der Waals surface area contributed by atoms with Gasteiger partial charge in [-0.05, 0) is 34.7 Å². The summed E-state index contributed by atoms with van der Waals surface area (Å²) in [7, 11) is 0. The van der Waals surface area contributed by atoms with Crippen LogP contribution in [0.1, 0.15) is 15.4 Å². The number of rotatable bonds is 4. The first-order chi connectivity index (χ1) is 11.8. The van der Waals surface area contributed by atoms with E-state index in [-0.39, 0.29) is 5.91 Å². The van der Waals surface area contributed by atoms with Crippen molar-refractivity contribution >= 4 is 27.5 Å². The highest BCUT2D eigenvalue weighted by molar-refractivity contribution is 7.18. The van der Waals surface area contributed by atoms with Gasteiger partial charge in [-0.2, -0.15) is 4.68 Å². The molecule has 0 atom stereocenters. The van der Waals surface area contributed by atoms with Crippen LogP contribution in [0.25, 0.3) is 15.9 Å². The number of benzene rings is 2. The van der Waals surface area contributed by atoms with Gasteiger partial charge in [0, 0.05) is 0 Å². The molecule has 2 aromatic carbocycles. The van der Waals surface area contributed by atoms with Crippen LogP contribution in [0.4, 0.5) is 0 Å². The minimum absolute atomic E-state index is 0.194. The minimum atomic E-state index is -0.194. The number of hydrogen-bond acceptors (Lipinski definition) is 6. The van der Waals surface area contributed by atoms with Crippen molar-refractivity contribution in [3.05, 3.63) is 65.4 Å². The summed E-state index contributed by atoms with van der Waals surface area (Å²) in [5.74, 6) is -0.194. The standard InChI is InChI=1S/C16H12N6OS/c23-16(11-5-1-3-7-13(11)22-10-18-20-21-22)17-9-15-19-12-6-2-4-8-14(12)24-15/h1-8,10H,9H2,(H,17,23). The summed E-state index contributed by atoms with van der Waals surface area (Å²) in [4.78, 5) is 17.0. The topological polar surface area (TPSA) is 85.6 Å². The minimum Gasteiger partial charge on any atom is -0.345 e. The van der Waals surface area contributed by atoms with E-state index in [2.05, 4.69) is 25.8 Å². The molecule has 118 valence electrons. The summed E-state index contributed by atoms with van der Waals surface area (Å²) in [6, 6.07) is 15.1. The molecule has 0 aliphatic carbocycles. The Balaban J connectivity index is 1.54. The monoisotopic (exact) mass is 336 g/mol. The van der Waals surface area contributed by atoms with Gasteiger partial charge >= 0.3 is 0 Å². The molecule has 2 aromatic heterocycles. The van der Waals surface area contributed by atoms with Crippen molar-refractivity contribution in [1.82, 2.24) is 30.5 Å². The smallest absolute Gasteiger partial charge is 0.253 e. The number of para-hydroxylation sites is 2. The second kappa shape index (κ2) is 6.17. The number of aromatic nitrogens is 5. The third kappa shape index (κ3) is 2.74. The van der Waals surface area contributed by atoms with E-state index in [4.69, 9.17) is 0 Å². The number of carbonyl (C=O) groups excluding carboxylic acids is 1. The Bertz CT molecular complexity index is 962. The van der Waals surface area contributed by atoms with Crippen LogP contribution in [0, 0.1) is 0 Å². The molecule has 0 saturated heterocycles. The molecule has 0 bridgehead atoms. The van der Waals surface area contributed by atoms with E-state index in [1.807, 2.05) is 30.3 Å². The van der Waals surface area contributed by atoms with Gasteiger partial charge in [0.1, 0.15) is 11.3 Å². The van der Waals surface area contributed by atoms with Crippen molar-refractivity contribution in [2.45, 2.75) is 6.54 Å². The van der Waals surface area contributed by atoms with Gasteiger partial charge in [0.25, 0.3) is 5.91 Å². The molecule has 0 radical (unpaired) electrons. The molecular weight excluding hydrogens is 324 g/mol. The summed E-state index contributed by atoms with van der Waals surface area (Å²) >= 11 is 1.57. The first-order valence-electron chi connectivity index (χ1n) is 7.26. The molecule has 0 fully saturated rings. The zero-order valence-corrected chi connectivity index (χ0v) is 13.3. The molecule has 0 aliphatic rings. The van der Waals surface area contributed by atoms with Crippen LogP contribution in [0.3, 0.4) is 0 Å². The summed E-state index contributed by atoms with van der Waals surface area (Å²) in [5, 5.41) is 14.8. The fourth-order valence-electron chi connectivity index (χ4n) is 2.38. The lowest BCUT2D eigenvalue weighted by atomic mass is 10.1. The largest absolute Gasteiger partial charge is 0.345 e. The van der Waals surface area contributed by atoms with Gasteiger partial charge in [0.15, 0.2) is 0 Å². The Labute approximate surface area is 141 Å². The quantitative estimate of drug-likeness (QED) is 0.617. The SMILES string of the molecule is O=C(NCc1nc2ccccc2s1)c1ccccc1-n1cnnn1. The van der Waals surface area contributed by atoms with Gasteiger partial charge in [-0.25, -0.2) is 4.98 Å². The fraction of sp³-hybridized carbons (Fsp3) is 0.0625. The predicted octanol–water partition coefficient (Wildman–Crippen LogP) is 2.20. The third-order valence-corrected chi connectivity index (χ3v) is 4.52. The average molecular weight is 336 g/mol. The van der Waals surface area contributed by atoms with E-state index in [1.54, 1.807) is 29.5 Å². The zero-order chi connectivity index (χ0) is 16.4. The molecule has 1 N–H and O–H groups in total. The molecule has 2 heterocycles. The van der Waals surface area contributed by atoms with E-state index in [0.29, 0.717) is 17.8 Å². The molecule has 24 heavy (non-hydrogen) atoms. The van der Waals surface area contributed by atoms with Crippen LogP contribution in [0.5, 0.6) is 0 Å². The van der Waals surface area contributed by atoms with Gasteiger partial charge in [-0.1, -0.05) is 24.3 Å². The van der Waals surface area contributed by atoms with Gasteiger partial charge in [-0.15, -0.1) is 16.4 Å². The number of nitrogens with zero attached hydrogens (tertiary/aromatic N) is 5. The number of fused-ring (bicyclic) bond motifs is 1. The lowest BCUT2D eigenvalue weighted by molar-refractivity contribution is 0.0950. The molecule has 4 aromatic rings. The van der Waals surface area contributed by atoms with Crippen molar-refractivity contribution in [3.63, 3.8) is 0 Å². The number of nitrogens with one attached hydrogen (secondary N) is 1. The fourth-order valence-corrected chi connectivity index (χ4v) is 3.29. The first-order valence-corrected chi connectivity index (χ1v) is 8.08. The lowest BCUT2D eigenvalue weighted by Gasteiger charge is -2.08. The predicted molar refractivity (Wildman–Crippen MR) is 89.9 cm³/mol. The molecule has 0 spiro atoms. The van der Waals surface area contributed by atoms with Crippen molar-refractivity contribution in [2.75, 3.05) is 0 Å². The average Bonchev–Trinajstić information content (AvgIpc) is 3.28. The molecule has 7 nitrogen and oxygen atoms in total. The second-order valence-corrected chi connectivity index (χ2v) is 6.14. The van der Waals surface area contributed by atoms with Crippen molar-refractivity contribution in [2.24, 2.45) is 0 Å². The van der Waals surface area contributed by atoms with Gasteiger partial charge < -0.3 is 5.32 Å². The van der Waals surface area contributed by atoms with Gasteiger partial charge in [-0.3, -0.25) is 4.79 Å². The third-order valence-electron chi connectivity index (χ3n) is 3.48. The Morgan fingerprint density at radius 3 is 2.79 bits per heavy atom. The summed E-state index contributed by atoms with van der Waals surface area (Å²) < 4.78 is 2.57. The van der Waals surface area contributed by atoms with E-state index in [1.165, 1.54) is 11.0 Å². The van der Waals surface area contributed by atoms with Crippen LogP contribution >= 0.6 is 11.3 Å². The number of hydrogen-bond donors (Lipinski definition) is 1.